The number of anilines is 2. The van der Waals surface area contributed by atoms with Crippen molar-refractivity contribution in [2.24, 2.45) is 4.99 Å². The molecule has 1 N–H and O–H groups in total. The lowest BCUT2D eigenvalue weighted by Crippen LogP contribution is -2.31. The fourth-order valence-corrected chi connectivity index (χ4v) is 5.38. The van der Waals surface area contributed by atoms with Crippen molar-refractivity contribution in [1.29, 1.82) is 5.26 Å². The maximum absolute atomic E-state index is 13.2. The van der Waals surface area contributed by atoms with Gasteiger partial charge in [-0.05, 0) is 47.2 Å². The Morgan fingerprint density at radius 3 is 2.88 bits per heavy atom. The number of thiophene rings is 2. The van der Waals surface area contributed by atoms with Gasteiger partial charge in [0.1, 0.15) is 22.5 Å². The second kappa shape index (κ2) is 10.2. The van der Waals surface area contributed by atoms with Crippen LogP contribution >= 0.6 is 46.0 Å². The van der Waals surface area contributed by atoms with E-state index in [2.05, 4.69) is 10.3 Å². The largest absolute Gasteiger partial charge is 0.495 e. The Bertz CT molecular complexity index is 1310. The molecule has 166 valence electrons. The van der Waals surface area contributed by atoms with E-state index in [0.717, 1.165) is 16.6 Å². The zero-order chi connectivity index (χ0) is 23.4. The Morgan fingerprint density at radius 1 is 1.33 bits per heavy atom. The summed E-state index contributed by atoms with van der Waals surface area (Å²) in [5.74, 6) is -0.145. The van der Waals surface area contributed by atoms with E-state index in [9.17, 15) is 9.59 Å². The summed E-state index contributed by atoms with van der Waals surface area (Å²) in [5, 5.41) is 16.7. The Balaban J connectivity index is 1.58. The van der Waals surface area contributed by atoms with E-state index in [1.807, 2.05) is 23.6 Å². The average Bonchev–Trinajstić information content (AvgIpc) is 3.54. The first-order valence-electron chi connectivity index (χ1n) is 9.42. The van der Waals surface area contributed by atoms with Crippen LogP contribution in [0.3, 0.4) is 0 Å². The number of hydrogen-bond donors (Lipinski definition) is 1. The monoisotopic (exact) mass is 514 g/mol. The maximum Gasteiger partial charge on any atom is 0.283 e. The maximum atomic E-state index is 13.2. The summed E-state index contributed by atoms with van der Waals surface area (Å²) in [6.45, 7) is 0. The third-order valence-corrected chi connectivity index (χ3v) is 7.30. The molecule has 0 fully saturated rings. The van der Waals surface area contributed by atoms with Crippen molar-refractivity contribution >= 4 is 79.8 Å². The number of amides is 2. The quantitative estimate of drug-likeness (QED) is 0.441. The summed E-state index contributed by atoms with van der Waals surface area (Å²) in [4.78, 5) is 32.5. The van der Waals surface area contributed by atoms with E-state index in [-0.39, 0.29) is 23.3 Å². The van der Waals surface area contributed by atoms with Gasteiger partial charge in [0.15, 0.2) is 5.17 Å². The molecule has 33 heavy (non-hydrogen) atoms. The van der Waals surface area contributed by atoms with Gasteiger partial charge in [0.25, 0.3) is 5.91 Å². The molecule has 0 radical (unpaired) electrons. The van der Waals surface area contributed by atoms with E-state index in [0.29, 0.717) is 32.2 Å². The smallest absolute Gasteiger partial charge is 0.283 e. The second-order valence-corrected chi connectivity index (χ2v) is 9.76. The lowest BCUT2D eigenvalue weighted by molar-refractivity contribution is -0.114. The number of nitrogens with zero attached hydrogens (tertiary/aromatic N) is 3. The summed E-state index contributed by atoms with van der Waals surface area (Å²) in [5.41, 5.74) is 1.18. The molecule has 0 saturated heterocycles. The normalized spacial score (nSPS) is 14.3. The number of methoxy groups -OCH3 is 1. The Hall–Kier alpha value is -3.10. The third-order valence-electron chi connectivity index (χ3n) is 4.42. The predicted molar refractivity (Wildman–Crippen MR) is 135 cm³/mol. The van der Waals surface area contributed by atoms with Gasteiger partial charge in [-0.15, -0.1) is 22.7 Å². The average molecular weight is 515 g/mol. The number of carbonyl (C=O) groups excluding carboxylic acids is 2. The van der Waals surface area contributed by atoms with Gasteiger partial charge in [-0.25, -0.2) is 4.99 Å². The van der Waals surface area contributed by atoms with Crippen molar-refractivity contribution in [2.45, 2.75) is 0 Å². The molecule has 3 aromatic rings. The van der Waals surface area contributed by atoms with Gasteiger partial charge in [-0.3, -0.25) is 14.5 Å². The van der Waals surface area contributed by atoms with Gasteiger partial charge in [0.2, 0.25) is 5.91 Å². The lowest BCUT2D eigenvalue weighted by atomic mass is 10.2. The molecule has 0 bridgehead atoms. The molecule has 7 nitrogen and oxygen atoms in total. The van der Waals surface area contributed by atoms with E-state index in [1.54, 1.807) is 35.7 Å². The van der Waals surface area contributed by atoms with Crippen LogP contribution in [0.25, 0.3) is 6.08 Å². The van der Waals surface area contributed by atoms with E-state index in [4.69, 9.17) is 21.6 Å². The fraction of sp³-hybridized carbons (Fsp3) is 0.0909. The van der Waals surface area contributed by atoms with Crippen LogP contribution in [0, 0.1) is 11.3 Å². The number of rotatable bonds is 6. The molecule has 2 amide bonds. The molecule has 1 aromatic carbocycles. The van der Waals surface area contributed by atoms with Crippen molar-refractivity contribution < 1.29 is 14.3 Å². The molecule has 0 spiro atoms. The summed E-state index contributed by atoms with van der Waals surface area (Å²) < 4.78 is 5.20. The summed E-state index contributed by atoms with van der Waals surface area (Å²) >= 11 is 10.2. The lowest BCUT2D eigenvalue weighted by Gasteiger charge is -2.18. The Labute approximate surface area is 207 Å². The minimum Gasteiger partial charge on any atom is -0.495 e. The summed E-state index contributed by atoms with van der Waals surface area (Å²) in [6, 6.07) is 12.5. The molecule has 3 heterocycles. The molecule has 0 unspecified atom stereocenters. The molecule has 1 aliphatic rings. The highest BCUT2D eigenvalue weighted by molar-refractivity contribution is 8.14. The van der Waals surface area contributed by atoms with Crippen LogP contribution in [0.2, 0.25) is 5.02 Å². The number of aliphatic imine (C=N–C) groups is 1. The van der Waals surface area contributed by atoms with Crippen LogP contribution in [0.1, 0.15) is 10.4 Å². The van der Waals surface area contributed by atoms with E-state index in [1.165, 1.54) is 34.7 Å². The van der Waals surface area contributed by atoms with Gasteiger partial charge >= 0.3 is 0 Å². The van der Waals surface area contributed by atoms with Crippen LogP contribution in [-0.2, 0) is 9.59 Å². The van der Waals surface area contributed by atoms with Crippen molar-refractivity contribution in [2.75, 3.05) is 23.1 Å². The van der Waals surface area contributed by atoms with Gasteiger partial charge in [0, 0.05) is 4.88 Å². The van der Waals surface area contributed by atoms with E-state index >= 15 is 0 Å². The Kier molecular flexibility index (Phi) is 7.15. The molecule has 1 aliphatic heterocycles. The topological polar surface area (TPSA) is 94.8 Å². The van der Waals surface area contributed by atoms with Gasteiger partial charge in [0.05, 0.1) is 29.1 Å². The van der Waals surface area contributed by atoms with Crippen LogP contribution in [-0.4, -0.2) is 29.8 Å². The first kappa shape index (κ1) is 23.1. The highest BCUT2D eigenvalue weighted by atomic mass is 35.5. The van der Waals surface area contributed by atoms with Crippen LogP contribution < -0.4 is 15.0 Å². The molecule has 0 aliphatic carbocycles. The number of ether oxygens (including phenoxy) is 1. The van der Waals surface area contributed by atoms with Crippen molar-refractivity contribution in [3.8, 4) is 11.8 Å². The fourth-order valence-electron chi connectivity index (χ4n) is 2.91. The third kappa shape index (κ3) is 5.12. The second-order valence-electron chi connectivity index (χ2n) is 6.51. The molecular weight excluding hydrogens is 500 g/mol. The first-order chi connectivity index (χ1) is 16.0. The number of nitrogens with one attached hydrogen (secondary N) is 1. The van der Waals surface area contributed by atoms with Gasteiger partial charge < -0.3 is 10.1 Å². The van der Waals surface area contributed by atoms with Crippen LogP contribution in [0.4, 0.5) is 10.7 Å². The minimum atomic E-state index is -0.322. The molecule has 4 rings (SSSR count). The van der Waals surface area contributed by atoms with Crippen LogP contribution in [0.5, 0.6) is 5.75 Å². The molecule has 0 atom stereocenters. The number of nitriles is 1. The van der Waals surface area contributed by atoms with Crippen molar-refractivity contribution in [3.63, 3.8) is 0 Å². The highest BCUT2D eigenvalue weighted by Crippen LogP contribution is 2.34. The zero-order valence-corrected chi connectivity index (χ0v) is 20.3. The number of halogens is 1. The number of thioether (sulfide) groups is 1. The number of amidine groups is 1. The molecule has 11 heteroatoms. The van der Waals surface area contributed by atoms with Crippen molar-refractivity contribution in [3.05, 3.63) is 68.3 Å². The Morgan fingerprint density at radius 2 is 2.18 bits per heavy atom. The SMILES string of the molecule is COc1ccc(N2C(=O)/C(=C\c3cccs3)N=C2SCC(=O)Nc2sccc2C#N)cc1Cl. The van der Waals surface area contributed by atoms with E-state index < -0.39 is 0 Å². The summed E-state index contributed by atoms with van der Waals surface area (Å²) in [7, 11) is 1.51. The minimum absolute atomic E-state index is 0.00154. The molecule has 0 saturated carbocycles. The number of hydrogen-bond acceptors (Lipinski definition) is 8. The first-order valence-corrected chi connectivity index (χ1v) is 12.5. The predicted octanol–water partition coefficient (Wildman–Crippen LogP) is 5.46. The van der Waals surface area contributed by atoms with Crippen molar-refractivity contribution in [1.82, 2.24) is 0 Å². The molecule has 2 aromatic heterocycles. The highest BCUT2D eigenvalue weighted by Gasteiger charge is 2.33. The van der Waals surface area contributed by atoms with Gasteiger partial charge in [-0.2, -0.15) is 5.26 Å². The van der Waals surface area contributed by atoms with Crippen LogP contribution in [0.15, 0.2) is 57.8 Å². The summed E-state index contributed by atoms with van der Waals surface area (Å²) in [6.07, 6.45) is 1.71. The number of carbonyl (C=O) groups is 2. The molecular formula is C22H15ClN4O3S3. The number of benzene rings is 1. The van der Waals surface area contributed by atoms with Gasteiger partial charge in [-0.1, -0.05) is 29.4 Å². The standard InChI is InChI=1S/C22H15ClN4O3S3/c1-30-18-5-4-14(9-16(18)23)27-21(29)17(10-15-3-2-7-31-15)25-22(27)33-12-19(28)26-20-13(11-24)6-8-32-20/h2-10H,12H2,1H3,(H,26,28)/b17-10+. The zero-order valence-electron chi connectivity index (χ0n) is 17.1.